The monoisotopic (exact) mass is 142 g/mol. The Morgan fingerprint density at radius 2 is 1.80 bits per heavy atom. The highest BCUT2D eigenvalue weighted by atomic mass is 15.2. The number of nitrogens with zero attached hydrogens (tertiary/aromatic N) is 1. The number of nitrogens with two attached hydrogens (primary N) is 1. The van der Waals surface area contributed by atoms with Gasteiger partial charge in [0.2, 0.25) is 0 Å². The lowest BCUT2D eigenvalue weighted by molar-refractivity contribution is 0.135. The Bertz CT molecular complexity index is 99.8. The molecule has 2 heteroatoms. The summed E-state index contributed by atoms with van der Waals surface area (Å²) in [6.07, 6.45) is 2.59. The Morgan fingerprint density at radius 1 is 1.30 bits per heavy atom. The Labute approximate surface area is 63.4 Å². The van der Waals surface area contributed by atoms with Gasteiger partial charge in [-0.25, -0.2) is 0 Å². The van der Waals surface area contributed by atoms with E-state index in [1.165, 1.54) is 25.9 Å². The molecule has 0 aromatic heterocycles. The molecule has 0 aromatic rings. The molecule has 1 aliphatic heterocycles. The Balaban J connectivity index is 2.31. The van der Waals surface area contributed by atoms with Gasteiger partial charge in [0.1, 0.15) is 0 Å². The number of piperidine rings is 1. The largest absolute Gasteiger partial charge is 0.318 e. The molecule has 1 heterocycles. The van der Waals surface area contributed by atoms with Gasteiger partial charge in [-0.2, -0.15) is 0 Å². The van der Waals surface area contributed by atoms with Gasteiger partial charge in [0.05, 0.1) is 0 Å². The zero-order chi connectivity index (χ0) is 7.61. The summed E-state index contributed by atoms with van der Waals surface area (Å²) >= 11 is 0. The van der Waals surface area contributed by atoms with Crippen molar-refractivity contribution in [2.75, 3.05) is 19.8 Å². The maximum Gasteiger partial charge on any atom is 0.0455 e. The Morgan fingerprint density at radius 3 is 2.20 bits per heavy atom. The van der Waals surface area contributed by atoms with Crippen molar-refractivity contribution >= 4 is 0 Å². The lowest BCUT2D eigenvalue weighted by atomic mass is 9.83. The standard InChI is InChI=1S/C8H18N2/c1-8(2)3-5-10(7-9)6-4-8/h3-7,9H2,1-2H3. The van der Waals surface area contributed by atoms with E-state index in [-0.39, 0.29) is 0 Å². The predicted octanol–water partition coefficient (Wildman–Crippen LogP) is 1.02. The van der Waals surface area contributed by atoms with Crippen LogP contribution >= 0.6 is 0 Å². The van der Waals surface area contributed by atoms with Crippen molar-refractivity contribution in [3.8, 4) is 0 Å². The smallest absolute Gasteiger partial charge is 0.0455 e. The van der Waals surface area contributed by atoms with Crippen molar-refractivity contribution in [2.45, 2.75) is 26.7 Å². The van der Waals surface area contributed by atoms with Crippen molar-refractivity contribution in [3.63, 3.8) is 0 Å². The van der Waals surface area contributed by atoms with Crippen LogP contribution in [0.1, 0.15) is 26.7 Å². The first-order valence-corrected chi connectivity index (χ1v) is 4.06. The number of rotatable bonds is 1. The highest BCUT2D eigenvalue weighted by Gasteiger charge is 2.24. The van der Waals surface area contributed by atoms with Crippen LogP contribution in [0.25, 0.3) is 0 Å². The molecule has 0 bridgehead atoms. The van der Waals surface area contributed by atoms with Crippen LogP contribution < -0.4 is 5.73 Å². The van der Waals surface area contributed by atoms with Gasteiger partial charge in [-0.05, 0) is 31.3 Å². The molecule has 0 aromatic carbocycles. The Kier molecular flexibility index (Phi) is 2.32. The predicted molar refractivity (Wildman–Crippen MR) is 43.6 cm³/mol. The minimum absolute atomic E-state index is 0.561. The number of hydrogen-bond acceptors (Lipinski definition) is 2. The van der Waals surface area contributed by atoms with Gasteiger partial charge >= 0.3 is 0 Å². The molecular formula is C8H18N2. The zero-order valence-electron chi connectivity index (χ0n) is 7.06. The molecule has 2 N–H and O–H groups in total. The first-order valence-electron chi connectivity index (χ1n) is 4.06. The van der Waals surface area contributed by atoms with E-state index in [1.807, 2.05) is 0 Å². The normalized spacial score (nSPS) is 26.7. The topological polar surface area (TPSA) is 29.3 Å². The quantitative estimate of drug-likeness (QED) is 0.592. The van der Waals surface area contributed by atoms with Gasteiger partial charge in [0, 0.05) is 6.67 Å². The summed E-state index contributed by atoms with van der Waals surface area (Å²) in [6, 6.07) is 0. The zero-order valence-corrected chi connectivity index (χ0v) is 7.06. The number of likely N-dealkylation sites (tertiary alicyclic amines) is 1. The van der Waals surface area contributed by atoms with Gasteiger partial charge in [0.15, 0.2) is 0 Å². The van der Waals surface area contributed by atoms with E-state index >= 15 is 0 Å². The lowest BCUT2D eigenvalue weighted by Crippen LogP contribution is -2.40. The fourth-order valence-corrected chi connectivity index (χ4v) is 1.34. The molecule has 2 nitrogen and oxygen atoms in total. The minimum Gasteiger partial charge on any atom is -0.318 e. The van der Waals surface area contributed by atoms with Crippen LogP contribution in [0.3, 0.4) is 0 Å². The van der Waals surface area contributed by atoms with Crippen LogP contribution in [0.2, 0.25) is 0 Å². The summed E-state index contributed by atoms with van der Waals surface area (Å²) in [5.74, 6) is 0. The summed E-state index contributed by atoms with van der Waals surface area (Å²) < 4.78 is 0. The average molecular weight is 142 g/mol. The summed E-state index contributed by atoms with van der Waals surface area (Å²) in [5.41, 5.74) is 6.08. The second-order valence-corrected chi connectivity index (χ2v) is 3.96. The third-order valence-corrected chi connectivity index (χ3v) is 2.47. The summed E-state index contributed by atoms with van der Waals surface area (Å²) in [5, 5.41) is 0. The van der Waals surface area contributed by atoms with Gasteiger partial charge in [-0.3, -0.25) is 4.90 Å². The molecule has 0 unspecified atom stereocenters. The maximum atomic E-state index is 5.52. The fraction of sp³-hybridized carbons (Fsp3) is 1.00. The van der Waals surface area contributed by atoms with Gasteiger partial charge < -0.3 is 5.73 Å². The molecule has 0 radical (unpaired) electrons. The summed E-state index contributed by atoms with van der Waals surface area (Å²) in [4.78, 5) is 2.31. The van der Waals surface area contributed by atoms with Crippen LogP contribution in [-0.4, -0.2) is 24.7 Å². The summed E-state index contributed by atoms with van der Waals surface area (Å²) in [7, 11) is 0. The van der Waals surface area contributed by atoms with E-state index in [0.29, 0.717) is 5.41 Å². The molecule has 1 rings (SSSR count). The molecule has 0 amide bonds. The maximum absolute atomic E-state index is 5.52. The second-order valence-electron chi connectivity index (χ2n) is 3.96. The SMILES string of the molecule is CC1(C)CCN(CN)CC1. The highest BCUT2D eigenvalue weighted by molar-refractivity contribution is 4.77. The van der Waals surface area contributed by atoms with Crippen LogP contribution in [0.15, 0.2) is 0 Å². The first kappa shape index (κ1) is 8.02. The third kappa shape index (κ3) is 1.96. The van der Waals surface area contributed by atoms with E-state index in [4.69, 9.17) is 5.73 Å². The molecule has 0 atom stereocenters. The van der Waals surface area contributed by atoms with E-state index < -0.39 is 0 Å². The minimum atomic E-state index is 0.561. The van der Waals surface area contributed by atoms with Crippen molar-refractivity contribution in [1.29, 1.82) is 0 Å². The molecule has 0 aliphatic carbocycles. The average Bonchev–Trinajstić information content (AvgIpc) is 1.88. The summed E-state index contributed by atoms with van der Waals surface area (Å²) in [6.45, 7) is 7.77. The van der Waals surface area contributed by atoms with Crippen molar-refractivity contribution in [1.82, 2.24) is 4.90 Å². The van der Waals surface area contributed by atoms with Gasteiger partial charge in [0.25, 0.3) is 0 Å². The van der Waals surface area contributed by atoms with Gasteiger partial charge in [-0.1, -0.05) is 13.8 Å². The third-order valence-electron chi connectivity index (χ3n) is 2.47. The van der Waals surface area contributed by atoms with E-state index in [1.54, 1.807) is 0 Å². The number of hydrogen-bond donors (Lipinski definition) is 1. The van der Waals surface area contributed by atoms with Crippen molar-refractivity contribution in [2.24, 2.45) is 11.1 Å². The van der Waals surface area contributed by atoms with Crippen molar-refractivity contribution in [3.05, 3.63) is 0 Å². The molecule has 60 valence electrons. The molecule has 1 aliphatic rings. The van der Waals surface area contributed by atoms with E-state index in [9.17, 15) is 0 Å². The molecule has 1 saturated heterocycles. The van der Waals surface area contributed by atoms with Crippen LogP contribution in [0, 0.1) is 5.41 Å². The molecule has 1 fully saturated rings. The van der Waals surface area contributed by atoms with Gasteiger partial charge in [-0.15, -0.1) is 0 Å². The van der Waals surface area contributed by atoms with Crippen LogP contribution in [0.4, 0.5) is 0 Å². The van der Waals surface area contributed by atoms with Crippen LogP contribution in [0.5, 0.6) is 0 Å². The van der Waals surface area contributed by atoms with E-state index in [2.05, 4.69) is 18.7 Å². The van der Waals surface area contributed by atoms with E-state index in [0.717, 1.165) is 6.67 Å². The molecule has 0 saturated carbocycles. The van der Waals surface area contributed by atoms with Crippen LogP contribution in [-0.2, 0) is 0 Å². The fourth-order valence-electron chi connectivity index (χ4n) is 1.34. The second kappa shape index (κ2) is 2.89. The highest BCUT2D eigenvalue weighted by Crippen LogP contribution is 2.28. The molecule has 10 heavy (non-hydrogen) atoms. The molecular weight excluding hydrogens is 124 g/mol. The first-order chi connectivity index (χ1) is 4.64. The Hall–Kier alpha value is -0.0800. The lowest BCUT2D eigenvalue weighted by Gasteiger charge is -2.35. The molecule has 0 spiro atoms. The van der Waals surface area contributed by atoms with Crippen molar-refractivity contribution < 1.29 is 0 Å².